The average molecular weight is 251 g/mol. The van der Waals surface area contributed by atoms with Crippen LogP contribution in [0.3, 0.4) is 0 Å². The number of benzene rings is 1. The van der Waals surface area contributed by atoms with Crippen LogP contribution in [0.4, 0.5) is 4.39 Å². The number of halogens is 1. The molecule has 17 heavy (non-hydrogen) atoms. The Bertz CT molecular complexity index is 423. The highest BCUT2D eigenvalue weighted by Crippen LogP contribution is 2.29. The van der Waals surface area contributed by atoms with Gasteiger partial charge in [-0.05, 0) is 67.1 Å². The van der Waals surface area contributed by atoms with Gasteiger partial charge >= 0.3 is 0 Å². The SMILES string of the molecule is CCC(CCSC#N)c1cc(C)c(C)cc1F. The molecule has 0 bridgehead atoms. The van der Waals surface area contributed by atoms with E-state index in [1.807, 2.05) is 19.9 Å². The van der Waals surface area contributed by atoms with E-state index < -0.39 is 0 Å². The van der Waals surface area contributed by atoms with Gasteiger partial charge in [-0.15, -0.1) is 0 Å². The molecule has 0 aliphatic rings. The number of nitriles is 1. The number of aryl methyl sites for hydroxylation is 2. The summed E-state index contributed by atoms with van der Waals surface area (Å²) >= 11 is 1.24. The predicted molar refractivity (Wildman–Crippen MR) is 71.6 cm³/mol. The zero-order valence-electron chi connectivity index (χ0n) is 10.6. The number of rotatable bonds is 5. The molecular formula is C14H18FNS. The quantitative estimate of drug-likeness (QED) is 0.566. The van der Waals surface area contributed by atoms with Crippen LogP contribution in [0.5, 0.6) is 0 Å². The van der Waals surface area contributed by atoms with Crippen molar-refractivity contribution in [2.24, 2.45) is 0 Å². The number of thioether (sulfide) groups is 1. The first-order valence-corrected chi connectivity index (χ1v) is 6.86. The Morgan fingerprint density at radius 2 is 2.00 bits per heavy atom. The Morgan fingerprint density at radius 3 is 2.59 bits per heavy atom. The molecule has 1 aromatic rings. The zero-order valence-corrected chi connectivity index (χ0v) is 11.4. The van der Waals surface area contributed by atoms with Crippen molar-refractivity contribution in [1.29, 1.82) is 5.26 Å². The van der Waals surface area contributed by atoms with E-state index in [2.05, 4.69) is 12.3 Å². The van der Waals surface area contributed by atoms with Crippen LogP contribution >= 0.6 is 11.8 Å². The van der Waals surface area contributed by atoms with Gasteiger partial charge in [0.05, 0.1) is 0 Å². The van der Waals surface area contributed by atoms with E-state index in [0.29, 0.717) is 0 Å². The summed E-state index contributed by atoms with van der Waals surface area (Å²) in [6, 6.07) is 3.57. The molecule has 1 atom stereocenters. The van der Waals surface area contributed by atoms with E-state index in [0.717, 1.165) is 35.3 Å². The molecule has 1 rings (SSSR count). The molecule has 1 aromatic carbocycles. The highest BCUT2D eigenvalue weighted by Gasteiger charge is 2.15. The van der Waals surface area contributed by atoms with Crippen molar-refractivity contribution in [2.45, 2.75) is 39.5 Å². The number of hydrogen-bond acceptors (Lipinski definition) is 2. The van der Waals surface area contributed by atoms with Gasteiger partial charge in [0.15, 0.2) is 0 Å². The monoisotopic (exact) mass is 251 g/mol. The summed E-state index contributed by atoms with van der Waals surface area (Å²) in [7, 11) is 0. The van der Waals surface area contributed by atoms with Gasteiger partial charge in [0.25, 0.3) is 0 Å². The van der Waals surface area contributed by atoms with Crippen molar-refractivity contribution in [3.05, 3.63) is 34.6 Å². The molecule has 3 heteroatoms. The Morgan fingerprint density at radius 1 is 1.35 bits per heavy atom. The summed E-state index contributed by atoms with van der Waals surface area (Å²) in [6.07, 6.45) is 1.76. The fourth-order valence-corrected chi connectivity index (χ4v) is 2.44. The fourth-order valence-electron chi connectivity index (χ4n) is 1.94. The summed E-state index contributed by atoms with van der Waals surface area (Å²) in [5.74, 6) is 0.874. The topological polar surface area (TPSA) is 23.8 Å². The summed E-state index contributed by atoms with van der Waals surface area (Å²) in [6.45, 7) is 6.00. The molecule has 0 aliphatic carbocycles. The number of hydrogen-bond donors (Lipinski definition) is 0. The molecule has 1 unspecified atom stereocenters. The van der Waals surface area contributed by atoms with Crippen LogP contribution in [0.2, 0.25) is 0 Å². The molecule has 92 valence electrons. The van der Waals surface area contributed by atoms with E-state index in [4.69, 9.17) is 5.26 Å². The Balaban J connectivity index is 2.88. The van der Waals surface area contributed by atoms with E-state index in [-0.39, 0.29) is 11.7 Å². The molecular weight excluding hydrogens is 233 g/mol. The first-order chi connectivity index (χ1) is 8.10. The van der Waals surface area contributed by atoms with Crippen molar-refractivity contribution in [3.63, 3.8) is 0 Å². The first-order valence-electron chi connectivity index (χ1n) is 5.87. The van der Waals surface area contributed by atoms with Crippen LogP contribution in [-0.4, -0.2) is 5.75 Å². The van der Waals surface area contributed by atoms with Crippen LogP contribution in [0.15, 0.2) is 12.1 Å². The second-order valence-electron chi connectivity index (χ2n) is 4.29. The van der Waals surface area contributed by atoms with Crippen molar-refractivity contribution in [1.82, 2.24) is 0 Å². The molecule has 0 aromatic heterocycles. The van der Waals surface area contributed by atoms with Crippen LogP contribution in [-0.2, 0) is 0 Å². The predicted octanol–water partition coefficient (Wildman–Crippen LogP) is 4.54. The highest BCUT2D eigenvalue weighted by molar-refractivity contribution is 8.03. The molecule has 0 saturated carbocycles. The van der Waals surface area contributed by atoms with Crippen LogP contribution in [0.1, 0.15) is 42.4 Å². The third-order valence-electron chi connectivity index (χ3n) is 3.18. The maximum absolute atomic E-state index is 13.9. The minimum absolute atomic E-state index is 0.109. The van der Waals surface area contributed by atoms with Crippen molar-refractivity contribution >= 4 is 11.8 Å². The largest absolute Gasteiger partial charge is 0.207 e. The lowest BCUT2D eigenvalue weighted by atomic mass is 9.91. The van der Waals surface area contributed by atoms with Gasteiger partial charge in [0, 0.05) is 5.75 Å². The minimum atomic E-state index is -0.109. The third-order valence-corrected chi connectivity index (χ3v) is 3.75. The maximum atomic E-state index is 13.9. The van der Waals surface area contributed by atoms with Gasteiger partial charge in [-0.1, -0.05) is 13.0 Å². The summed E-state index contributed by atoms with van der Waals surface area (Å²) in [4.78, 5) is 0. The summed E-state index contributed by atoms with van der Waals surface area (Å²) in [5.41, 5.74) is 2.93. The first kappa shape index (κ1) is 14.1. The van der Waals surface area contributed by atoms with Gasteiger partial charge in [-0.2, -0.15) is 5.26 Å². The lowest BCUT2D eigenvalue weighted by Gasteiger charge is -2.17. The summed E-state index contributed by atoms with van der Waals surface area (Å²) < 4.78 is 13.9. The third kappa shape index (κ3) is 3.74. The molecule has 0 spiro atoms. The molecule has 0 N–H and O–H groups in total. The second-order valence-corrected chi connectivity index (χ2v) is 5.17. The van der Waals surface area contributed by atoms with Gasteiger partial charge in [0.2, 0.25) is 0 Å². The van der Waals surface area contributed by atoms with Crippen LogP contribution in [0.25, 0.3) is 0 Å². The van der Waals surface area contributed by atoms with E-state index in [1.165, 1.54) is 11.8 Å². The molecule has 0 fully saturated rings. The van der Waals surface area contributed by atoms with Crippen molar-refractivity contribution < 1.29 is 4.39 Å². The number of thiocyanates is 1. The highest BCUT2D eigenvalue weighted by atomic mass is 32.2. The number of nitrogens with zero attached hydrogens (tertiary/aromatic N) is 1. The standard InChI is InChI=1S/C14H18FNS/c1-4-12(5-6-17-9-16)13-7-10(2)11(3)8-14(13)15/h7-8,12H,4-6H2,1-3H3. The van der Waals surface area contributed by atoms with E-state index in [1.54, 1.807) is 6.07 Å². The second kappa shape index (κ2) is 6.66. The molecule has 0 aliphatic heterocycles. The maximum Gasteiger partial charge on any atom is 0.133 e. The Labute approximate surface area is 107 Å². The van der Waals surface area contributed by atoms with Crippen LogP contribution in [0, 0.1) is 30.3 Å². The van der Waals surface area contributed by atoms with Crippen molar-refractivity contribution in [2.75, 3.05) is 5.75 Å². The smallest absolute Gasteiger partial charge is 0.133 e. The Hall–Kier alpha value is -1.01. The molecule has 0 radical (unpaired) electrons. The van der Waals surface area contributed by atoms with Gasteiger partial charge < -0.3 is 0 Å². The van der Waals surface area contributed by atoms with Gasteiger partial charge in [-0.3, -0.25) is 0 Å². The average Bonchev–Trinajstić information content (AvgIpc) is 2.30. The van der Waals surface area contributed by atoms with Gasteiger partial charge in [0.1, 0.15) is 11.2 Å². The normalized spacial score (nSPS) is 12.2. The molecule has 0 heterocycles. The lowest BCUT2D eigenvalue weighted by molar-refractivity contribution is 0.559. The summed E-state index contributed by atoms with van der Waals surface area (Å²) in [5, 5.41) is 10.6. The zero-order chi connectivity index (χ0) is 12.8. The van der Waals surface area contributed by atoms with E-state index in [9.17, 15) is 4.39 Å². The lowest BCUT2D eigenvalue weighted by Crippen LogP contribution is -2.03. The fraction of sp³-hybridized carbons (Fsp3) is 0.500. The molecule has 1 nitrogen and oxygen atoms in total. The Kier molecular flexibility index (Phi) is 5.50. The minimum Gasteiger partial charge on any atom is -0.207 e. The van der Waals surface area contributed by atoms with Crippen LogP contribution < -0.4 is 0 Å². The van der Waals surface area contributed by atoms with E-state index >= 15 is 0 Å². The van der Waals surface area contributed by atoms with Gasteiger partial charge in [-0.25, -0.2) is 4.39 Å². The van der Waals surface area contributed by atoms with Crippen molar-refractivity contribution in [3.8, 4) is 5.40 Å². The molecule has 0 saturated heterocycles. The molecule has 0 amide bonds.